The van der Waals surface area contributed by atoms with Gasteiger partial charge in [0.2, 0.25) is 5.89 Å². The number of likely N-dealkylation sites (tertiary alicyclic amines) is 1. The number of rotatable bonds is 8. The molecule has 1 aliphatic heterocycles. The van der Waals surface area contributed by atoms with Crippen molar-refractivity contribution in [2.45, 2.75) is 64.0 Å². The number of halogens is 2. The number of hydrogen-bond acceptors (Lipinski definition) is 5. The van der Waals surface area contributed by atoms with Gasteiger partial charge in [0.15, 0.2) is 17.5 Å². The maximum atomic E-state index is 13.6. The van der Waals surface area contributed by atoms with Crippen molar-refractivity contribution in [3.63, 3.8) is 0 Å². The molecular formula is C22H29F2N3O2. The molecule has 0 bridgehead atoms. The van der Waals surface area contributed by atoms with Crippen LogP contribution in [0.2, 0.25) is 0 Å². The summed E-state index contributed by atoms with van der Waals surface area (Å²) in [5.41, 5.74) is 0.746. The van der Waals surface area contributed by atoms with Crippen molar-refractivity contribution < 1.29 is 18.0 Å². The van der Waals surface area contributed by atoms with Crippen LogP contribution >= 0.6 is 0 Å². The second-order valence-electron chi connectivity index (χ2n) is 8.25. The van der Waals surface area contributed by atoms with E-state index in [-0.39, 0.29) is 6.04 Å². The maximum Gasteiger partial charge on any atom is 0.244 e. The van der Waals surface area contributed by atoms with Crippen molar-refractivity contribution in [3.05, 3.63) is 47.1 Å². The van der Waals surface area contributed by atoms with Crippen molar-refractivity contribution in [3.8, 4) is 0 Å². The van der Waals surface area contributed by atoms with E-state index in [1.54, 1.807) is 6.07 Å². The van der Waals surface area contributed by atoms with Crippen molar-refractivity contribution in [2.24, 2.45) is 5.92 Å². The highest BCUT2D eigenvalue weighted by Gasteiger charge is 2.29. The van der Waals surface area contributed by atoms with E-state index in [1.807, 2.05) is 0 Å². The SMILES string of the molecule is Fc1ccc(CN2CCCCC2c2nc(CCOCC3CCCC3)no2)cc1F. The number of benzene rings is 1. The third-order valence-corrected chi connectivity index (χ3v) is 6.05. The van der Waals surface area contributed by atoms with E-state index in [1.165, 1.54) is 37.8 Å². The number of nitrogens with zero attached hydrogens (tertiary/aromatic N) is 3. The standard InChI is InChI=1S/C22H29F2N3O2/c23-18-9-8-17(13-19(18)24)14-27-11-4-3-7-20(27)22-25-21(26-29-22)10-12-28-15-16-5-1-2-6-16/h8-9,13,16,20H,1-7,10-12,14-15H2. The normalized spacial score (nSPS) is 21.1. The first-order chi connectivity index (χ1) is 14.2. The van der Waals surface area contributed by atoms with Gasteiger partial charge in [-0.05, 0) is 55.8 Å². The average molecular weight is 405 g/mol. The minimum absolute atomic E-state index is 0.0116. The Labute approximate surface area is 170 Å². The van der Waals surface area contributed by atoms with Crippen LogP contribution in [-0.4, -0.2) is 34.8 Å². The van der Waals surface area contributed by atoms with Crippen LogP contribution in [0.4, 0.5) is 8.78 Å². The fraction of sp³-hybridized carbons (Fsp3) is 0.636. The highest BCUT2D eigenvalue weighted by molar-refractivity contribution is 5.18. The zero-order chi connectivity index (χ0) is 20.1. The molecule has 1 atom stereocenters. The summed E-state index contributed by atoms with van der Waals surface area (Å²) in [5, 5.41) is 4.13. The summed E-state index contributed by atoms with van der Waals surface area (Å²) >= 11 is 0. The summed E-state index contributed by atoms with van der Waals surface area (Å²) in [7, 11) is 0. The van der Waals surface area contributed by atoms with Crippen LogP contribution in [0, 0.1) is 17.6 Å². The minimum atomic E-state index is -0.819. The lowest BCUT2D eigenvalue weighted by atomic mass is 10.0. The Hall–Kier alpha value is -1.86. The Morgan fingerprint density at radius 3 is 2.72 bits per heavy atom. The Balaban J connectivity index is 1.32. The predicted octanol–water partition coefficient (Wildman–Crippen LogP) is 4.82. The van der Waals surface area contributed by atoms with E-state index in [2.05, 4.69) is 15.0 Å². The molecule has 0 amide bonds. The van der Waals surface area contributed by atoms with Gasteiger partial charge in [-0.15, -0.1) is 0 Å². The first-order valence-corrected chi connectivity index (χ1v) is 10.8. The van der Waals surface area contributed by atoms with Crippen LogP contribution in [0.3, 0.4) is 0 Å². The van der Waals surface area contributed by atoms with Gasteiger partial charge in [0, 0.05) is 19.6 Å². The van der Waals surface area contributed by atoms with E-state index < -0.39 is 11.6 Å². The Morgan fingerprint density at radius 2 is 1.90 bits per heavy atom. The van der Waals surface area contributed by atoms with E-state index >= 15 is 0 Å². The molecule has 2 fully saturated rings. The first kappa shape index (κ1) is 20.4. The van der Waals surface area contributed by atoms with E-state index in [0.29, 0.717) is 37.2 Å². The molecule has 0 spiro atoms. The molecule has 2 aromatic rings. The summed E-state index contributed by atoms with van der Waals surface area (Å²) in [6.45, 7) is 2.84. The molecule has 1 aromatic carbocycles. The summed E-state index contributed by atoms with van der Waals surface area (Å²) in [6, 6.07) is 4.09. The first-order valence-electron chi connectivity index (χ1n) is 10.8. The monoisotopic (exact) mass is 405 g/mol. The quantitative estimate of drug-likeness (QED) is 0.589. The third kappa shape index (κ3) is 5.39. The number of ether oxygens (including phenoxy) is 1. The van der Waals surface area contributed by atoms with Crippen LogP contribution in [0.15, 0.2) is 22.7 Å². The smallest absolute Gasteiger partial charge is 0.244 e. The summed E-state index contributed by atoms with van der Waals surface area (Å²) in [4.78, 5) is 6.81. The van der Waals surface area contributed by atoms with Gasteiger partial charge in [-0.1, -0.05) is 30.5 Å². The molecule has 29 heavy (non-hydrogen) atoms. The van der Waals surface area contributed by atoms with Crippen molar-refractivity contribution in [2.75, 3.05) is 19.8 Å². The Morgan fingerprint density at radius 1 is 1.07 bits per heavy atom. The van der Waals surface area contributed by atoms with Crippen molar-refractivity contribution in [1.82, 2.24) is 15.0 Å². The molecule has 0 radical (unpaired) electrons. The van der Waals surface area contributed by atoms with Crippen molar-refractivity contribution >= 4 is 0 Å². The molecule has 1 saturated heterocycles. The summed E-state index contributed by atoms with van der Waals surface area (Å²) in [6.07, 6.45) is 8.92. The fourth-order valence-electron chi connectivity index (χ4n) is 4.43. The molecule has 158 valence electrons. The van der Waals surface area contributed by atoms with Gasteiger partial charge >= 0.3 is 0 Å². The lowest BCUT2D eigenvalue weighted by Gasteiger charge is -2.33. The zero-order valence-electron chi connectivity index (χ0n) is 16.8. The Bertz CT molecular complexity index is 792. The molecule has 5 nitrogen and oxygen atoms in total. The predicted molar refractivity (Wildman–Crippen MR) is 104 cm³/mol. The average Bonchev–Trinajstić information content (AvgIpc) is 3.41. The van der Waals surface area contributed by atoms with Gasteiger partial charge < -0.3 is 9.26 Å². The second-order valence-corrected chi connectivity index (χ2v) is 8.25. The van der Waals surface area contributed by atoms with Crippen LogP contribution in [0.25, 0.3) is 0 Å². The molecule has 4 rings (SSSR count). The van der Waals surface area contributed by atoms with Gasteiger partial charge in [-0.25, -0.2) is 8.78 Å². The lowest BCUT2D eigenvalue weighted by Crippen LogP contribution is -2.33. The largest absolute Gasteiger partial charge is 0.381 e. The molecule has 1 aromatic heterocycles. The topological polar surface area (TPSA) is 51.4 Å². The number of piperidine rings is 1. The summed E-state index contributed by atoms with van der Waals surface area (Å²) in [5.74, 6) is 0.361. The van der Waals surface area contributed by atoms with Gasteiger partial charge in [0.1, 0.15) is 0 Å². The van der Waals surface area contributed by atoms with Crippen LogP contribution < -0.4 is 0 Å². The third-order valence-electron chi connectivity index (χ3n) is 6.05. The van der Waals surface area contributed by atoms with Crippen LogP contribution in [-0.2, 0) is 17.7 Å². The molecule has 2 heterocycles. The molecule has 0 N–H and O–H groups in total. The molecule has 2 aliphatic rings. The Kier molecular flexibility index (Phi) is 6.87. The van der Waals surface area contributed by atoms with Crippen LogP contribution in [0.5, 0.6) is 0 Å². The molecular weight excluding hydrogens is 376 g/mol. The maximum absolute atomic E-state index is 13.6. The summed E-state index contributed by atoms with van der Waals surface area (Å²) < 4.78 is 38.1. The molecule has 1 aliphatic carbocycles. The molecule has 1 saturated carbocycles. The van der Waals surface area contributed by atoms with Crippen LogP contribution in [0.1, 0.15) is 68.3 Å². The van der Waals surface area contributed by atoms with Gasteiger partial charge in [0.05, 0.1) is 12.6 Å². The lowest BCUT2D eigenvalue weighted by molar-refractivity contribution is 0.102. The van der Waals surface area contributed by atoms with E-state index in [9.17, 15) is 8.78 Å². The zero-order valence-corrected chi connectivity index (χ0v) is 16.8. The van der Waals surface area contributed by atoms with E-state index in [0.717, 1.165) is 38.0 Å². The van der Waals surface area contributed by atoms with E-state index in [4.69, 9.17) is 9.26 Å². The van der Waals surface area contributed by atoms with Crippen molar-refractivity contribution in [1.29, 1.82) is 0 Å². The second kappa shape index (κ2) is 9.76. The number of hydrogen-bond donors (Lipinski definition) is 0. The van der Waals surface area contributed by atoms with Gasteiger partial charge in [0.25, 0.3) is 0 Å². The van der Waals surface area contributed by atoms with Gasteiger partial charge in [-0.3, -0.25) is 4.90 Å². The fourth-order valence-corrected chi connectivity index (χ4v) is 4.43. The molecule has 7 heteroatoms. The molecule has 1 unspecified atom stereocenters. The number of aromatic nitrogens is 2. The highest BCUT2D eigenvalue weighted by Crippen LogP contribution is 2.31. The minimum Gasteiger partial charge on any atom is -0.381 e. The van der Waals surface area contributed by atoms with Gasteiger partial charge in [-0.2, -0.15) is 4.98 Å². The highest BCUT2D eigenvalue weighted by atomic mass is 19.2.